The molecule has 0 aliphatic carbocycles. The summed E-state index contributed by atoms with van der Waals surface area (Å²) in [6.07, 6.45) is 1.64. The van der Waals surface area contributed by atoms with Gasteiger partial charge in [0, 0.05) is 37.5 Å². The summed E-state index contributed by atoms with van der Waals surface area (Å²) < 4.78 is 26.6. The van der Waals surface area contributed by atoms with Crippen molar-refractivity contribution in [3.05, 3.63) is 58.3 Å². The highest BCUT2D eigenvalue weighted by atomic mass is 35.5. The lowest BCUT2D eigenvalue weighted by molar-refractivity contribution is -0.0351. The van der Waals surface area contributed by atoms with Gasteiger partial charge in [-0.1, -0.05) is 22.8 Å². The van der Waals surface area contributed by atoms with Crippen LogP contribution in [0.1, 0.15) is 23.1 Å². The van der Waals surface area contributed by atoms with Crippen molar-refractivity contribution in [3.8, 4) is 11.3 Å². The fraction of sp³-hybridized carbons (Fsp3) is 0.368. The average Bonchev–Trinajstić information content (AvgIpc) is 3.25. The van der Waals surface area contributed by atoms with Gasteiger partial charge in [0.15, 0.2) is 5.76 Å². The molecule has 1 aliphatic heterocycles. The quantitative estimate of drug-likeness (QED) is 0.679. The number of benzene rings is 1. The second kappa shape index (κ2) is 7.42. The summed E-state index contributed by atoms with van der Waals surface area (Å²) in [5, 5.41) is 8.54. The summed E-state index contributed by atoms with van der Waals surface area (Å²) in [5.74, 6) is 0.360. The first-order valence-electron chi connectivity index (χ1n) is 8.74. The van der Waals surface area contributed by atoms with E-state index in [0.29, 0.717) is 19.7 Å². The van der Waals surface area contributed by atoms with E-state index >= 15 is 0 Å². The van der Waals surface area contributed by atoms with Crippen molar-refractivity contribution >= 4 is 11.6 Å². The summed E-state index contributed by atoms with van der Waals surface area (Å²) in [5.41, 5.74) is 3.66. The van der Waals surface area contributed by atoms with Crippen molar-refractivity contribution in [2.45, 2.75) is 19.6 Å². The number of rotatable bonds is 4. The van der Waals surface area contributed by atoms with Crippen LogP contribution in [0.2, 0.25) is 5.02 Å². The molecule has 1 fully saturated rings. The molecule has 0 bridgehead atoms. The molecule has 3 aromatic rings. The molecule has 1 atom stereocenters. The van der Waals surface area contributed by atoms with E-state index in [1.165, 1.54) is 6.07 Å². The van der Waals surface area contributed by atoms with Gasteiger partial charge in [0.2, 0.25) is 0 Å². The maximum Gasteiger partial charge on any atom is 0.151 e. The molecule has 1 saturated heterocycles. The maximum atomic E-state index is 13.4. The van der Waals surface area contributed by atoms with E-state index in [2.05, 4.69) is 15.2 Å². The van der Waals surface area contributed by atoms with E-state index in [9.17, 15) is 4.39 Å². The number of halogens is 2. The zero-order valence-corrected chi connectivity index (χ0v) is 15.9. The molecular formula is C19H20ClFN4O2. The molecule has 0 saturated carbocycles. The summed E-state index contributed by atoms with van der Waals surface area (Å²) in [7, 11) is 1.90. The molecule has 27 heavy (non-hydrogen) atoms. The lowest BCUT2D eigenvalue weighted by Gasteiger charge is -2.32. The van der Waals surface area contributed by atoms with E-state index in [1.54, 1.807) is 18.3 Å². The normalized spacial score (nSPS) is 18.1. The van der Waals surface area contributed by atoms with Crippen LogP contribution in [0.15, 0.2) is 35.0 Å². The van der Waals surface area contributed by atoms with Crippen molar-refractivity contribution in [2.24, 2.45) is 7.05 Å². The number of ether oxygens (including phenoxy) is 1. The number of morpholine rings is 1. The highest BCUT2D eigenvalue weighted by molar-refractivity contribution is 6.30. The van der Waals surface area contributed by atoms with Gasteiger partial charge >= 0.3 is 0 Å². The lowest BCUT2D eigenvalue weighted by Crippen LogP contribution is -2.37. The Morgan fingerprint density at radius 1 is 1.33 bits per heavy atom. The van der Waals surface area contributed by atoms with E-state index in [4.69, 9.17) is 20.9 Å². The van der Waals surface area contributed by atoms with Crippen molar-refractivity contribution in [2.75, 3.05) is 19.7 Å². The van der Waals surface area contributed by atoms with E-state index < -0.39 is 5.82 Å². The Morgan fingerprint density at radius 2 is 2.19 bits per heavy atom. The summed E-state index contributed by atoms with van der Waals surface area (Å²) in [6, 6.07) is 6.66. The lowest BCUT2D eigenvalue weighted by atomic mass is 10.1. The molecule has 1 aromatic carbocycles. The van der Waals surface area contributed by atoms with Crippen LogP contribution in [-0.4, -0.2) is 39.5 Å². The number of aromatic nitrogens is 3. The Bertz CT molecular complexity index is 955. The van der Waals surface area contributed by atoms with Crippen LogP contribution >= 0.6 is 11.6 Å². The number of hydrogen-bond donors (Lipinski definition) is 0. The third-order valence-corrected chi connectivity index (χ3v) is 5.21. The molecule has 0 amide bonds. The summed E-state index contributed by atoms with van der Waals surface area (Å²) in [4.78, 5) is 2.23. The second-order valence-corrected chi connectivity index (χ2v) is 7.12. The zero-order chi connectivity index (χ0) is 19.0. The third-order valence-electron chi connectivity index (χ3n) is 4.92. The molecule has 0 unspecified atom stereocenters. The van der Waals surface area contributed by atoms with Crippen LogP contribution in [0.25, 0.3) is 11.3 Å². The van der Waals surface area contributed by atoms with E-state index in [1.807, 2.05) is 24.7 Å². The van der Waals surface area contributed by atoms with Gasteiger partial charge < -0.3 is 9.26 Å². The van der Waals surface area contributed by atoms with Crippen LogP contribution in [0.5, 0.6) is 0 Å². The minimum Gasteiger partial charge on any atom is -0.371 e. The van der Waals surface area contributed by atoms with Gasteiger partial charge in [-0.25, -0.2) is 4.39 Å². The Balaban J connectivity index is 1.45. The fourth-order valence-electron chi connectivity index (χ4n) is 3.25. The van der Waals surface area contributed by atoms with Crippen molar-refractivity contribution in [3.63, 3.8) is 0 Å². The summed E-state index contributed by atoms with van der Waals surface area (Å²) in [6.45, 7) is 4.66. The van der Waals surface area contributed by atoms with E-state index in [-0.39, 0.29) is 11.1 Å². The van der Waals surface area contributed by atoms with Gasteiger partial charge in [-0.3, -0.25) is 9.58 Å². The van der Waals surface area contributed by atoms with Gasteiger partial charge in [0.25, 0.3) is 0 Å². The Kier molecular flexibility index (Phi) is 4.99. The van der Waals surface area contributed by atoms with Crippen molar-refractivity contribution < 1.29 is 13.7 Å². The van der Waals surface area contributed by atoms with Crippen LogP contribution < -0.4 is 0 Å². The molecule has 0 spiro atoms. The number of nitrogens with zero attached hydrogens (tertiary/aromatic N) is 4. The zero-order valence-electron chi connectivity index (χ0n) is 15.2. The van der Waals surface area contributed by atoms with Crippen LogP contribution in [0, 0.1) is 12.7 Å². The van der Waals surface area contributed by atoms with E-state index in [0.717, 1.165) is 34.8 Å². The molecule has 0 radical (unpaired) electrons. The number of aryl methyl sites for hydroxylation is 1. The maximum absolute atomic E-state index is 13.4. The predicted octanol–water partition coefficient (Wildman–Crippen LogP) is 3.75. The molecule has 2 aromatic heterocycles. The molecule has 142 valence electrons. The Morgan fingerprint density at radius 3 is 2.93 bits per heavy atom. The first kappa shape index (κ1) is 18.2. The average molecular weight is 391 g/mol. The molecule has 1 aliphatic rings. The fourth-order valence-corrected chi connectivity index (χ4v) is 3.43. The van der Waals surface area contributed by atoms with Gasteiger partial charge in [-0.05, 0) is 24.6 Å². The standard InChI is InChI=1S/C19H20ClFN4O2/c1-12-15(9-22-24(12)2)18-8-14(27-23-18)10-25-5-6-26-19(11-25)13-3-4-17(21)16(20)7-13/h3-4,7-9,19H,5-6,10-11H2,1-2H3/t19-/m1/s1. The van der Waals surface area contributed by atoms with Gasteiger partial charge in [0.1, 0.15) is 11.5 Å². The third kappa shape index (κ3) is 3.76. The number of hydrogen-bond acceptors (Lipinski definition) is 5. The minimum atomic E-state index is -0.423. The van der Waals surface area contributed by atoms with Gasteiger partial charge in [-0.15, -0.1) is 0 Å². The van der Waals surface area contributed by atoms with Gasteiger partial charge in [-0.2, -0.15) is 5.10 Å². The summed E-state index contributed by atoms with van der Waals surface area (Å²) >= 11 is 5.90. The molecule has 8 heteroatoms. The minimum absolute atomic E-state index is 0.111. The monoisotopic (exact) mass is 390 g/mol. The Labute approximate surface area is 161 Å². The largest absolute Gasteiger partial charge is 0.371 e. The first-order chi connectivity index (χ1) is 13.0. The van der Waals surface area contributed by atoms with Crippen LogP contribution in [0.3, 0.4) is 0 Å². The highest BCUT2D eigenvalue weighted by Gasteiger charge is 2.24. The topological polar surface area (TPSA) is 56.3 Å². The van der Waals surface area contributed by atoms with Crippen molar-refractivity contribution in [1.82, 2.24) is 19.8 Å². The second-order valence-electron chi connectivity index (χ2n) is 6.71. The molecule has 4 rings (SSSR count). The van der Waals surface area contributed by atoms with Crippen LogP contribution in [-0.2, 0) is 18.3 Å². The van der Waals surface area contributed by atoms with Crippen molar-refractivity contribution in [1.29, 1.82) is 0 Å². The van der Waals surface area contributed by atoms with Crippen LogP contribution in [0.4, 0.5) is 4.39 Å². The Hall–Kier alpha value is -2.22. The molecular weight excluding hydrogens is 371 g/mol. The predicted molar refractivity (Wildman–Crippen MR) is 98.8 cm³/mol. The smallest absolute Gasteiger partial charge is 0.151 e. The molecule has 6 nitrogen and oxygen atoms in total. The SMILES string of the molecule is Cc1c(-c2cc(CN3CCO[C@@H](c4ccc(F)c(Cl)c4)C3)on2)cnn1C. The first-order valence-corrected chi connectivity index (χ1v) is 9.12. The van der Waals surface area contributed by atoms with Gasteiger partial charge in [0.05, 0.1) is 30.5 Å². The highest BCUT2D eigenvalue weighted by Crippen LogP contribution is 2.28. The molecule has 3 heterocycles. The molecule has 0 N–H and O–H groups in total.